The number of aromatic nitrogens is 3. The Balaban J connectivity index is 2.19. The van der Waals surface area contributed by atoms with E-state index >= 15 is 0 Å². The lowest BCUT2D eigenvalue weighted by Crippen LogP contribution is -2.06. The number of benzene rings is 1. The summed E-state index contributed by atoms with van der Waals surface area (Å²) in [6.45, 7) is 0. The molecule has 1 aromatic heterocycles. The van der Waals surface area contributed by atoms with Crippen molar-refractivity contribution in [1.29, 1.82) is 0 Å². The van der Waals surface area contributed by atoms with Crippen molar-refractivity contribution in [3.63, 3.8) is 0 Å². The van der Waals surface area contributed by atoms with E-state index in [2.05, 4.69) is 10.3 Å². The second-order valence-corrected chi connectivity index (χ2v) is 4.44. The minimum atomic E-state index is -0.670. The van der Waals surface area contributed by atoms with Crippen molar-refractivity contribution in [1.82, 2.24) is 15.0 Å². The molecule has 7 nitrogen and oxygen atoms in total. The smallest absolute Gasteiger partial charge is 0.297 e. The van der Waals surface area contributed by atoms with E-state index in [0.717, 1.165) is 25.0 Å². The van der Waals surface area contributed by atoms with E-state index in [9.17, 15) is 14.5 Å². The molecule has 1 saturated carbocycles. The van der Waals surface area contributed by atoms with Crippen LogP contribution in [0.4, 0.5) is 15.9 Å². The standard InChI is InChI=1S/C11H10FN5O2/c12-7-3-4-8(9(5-7)17(18)19)16-10(6-1-2-6)11(13)14-15-16/h3-6H,1-2,13H2. The molecule has 0 unspecified atom stereocenters. The molecular formula is C11H10FN5O2. The Morgan fingerprint density at radius 2 is 2.21 bits per heavy atom. The largest absolute Gasteiger partial charge is 0.381 e. The molecule has 1 aliphatic carbocycles. The fourth-order valence-electron chi connectivity index (χ4n) is 2.04. The molecule has 1 heterocycles. The van der Waals surface area contributed by atoms with Crippen molar-refractivity contribution in [3.05, 3.63) is 39.8 Å². The zero-order valence-corrected chi connectivity index (χ0v) is 9.78. The second kappa shape index (κ2) is 4.01. The van der Waals surface area contributed by atoms with Gasteiger partial charge < -0.3 is 5.73 Å². The van der Waals surface area contributed by atoms with Gasteiger partial charge >= 0.3 is 0 Å². The SMILES string of the molecule is Nc1nnn(-c2ccc(F)cc2[N+](=O)[O-])c1C1CC1. The molecule has 1 fully saturated rings. The summed E-state index contributed by atoms with van der Waals surface area (Å²) in [7, 11) is 0. The van der Waals surface area contributed by atoms with Gasteiger partial charge in [0, 0.05) is 5.92 Å². The quantitative estimate of drug-likeness (QED) is 0.672. The van der Waals surface area contributed by atoms with Crippen LogP contribution in [-0.2, 0) is 0 Å². The van der Waals surface area contributed by atoms with Gasteiger partial charge in [0.25, 0.3) is 5.69 Å². The van der Waals surface area contributed by atoms with Gasteiger partial charge in [0.2, 0.25) is 0 Å². The molecule has 3 rings (SSSR count). The second-order valence-electron chi connectivity index (χ2n) is 4.44. The van der Waals surface area contributed by atoms with Gasteiger partial charge in [-0.25, -0.2) is 9.07 Å². The summed E-state index contributed by atoms with van der Waals surface area (Å²) in [4.78, 5) is 10.4. The van der Waals surface area contributed by atoms with Crippen LogP contribution in [0.15, 0.2) is 18.2 Å². The zero-order valence-electron chi connectivity index (χ0n) is 9.78. The molecule has 8 heteroatoms. The van der Waals surface area contributed by atoms with Crippen LogP contribution >= 0.6 is 0 Å². The third kappa shape index (κ3) is 1.90. The molecule has 0 bridgehead atoms. The van der Waals surface area contributed by atoms with Gasteiger partial charge in [0.15, 0.2) is 5.82 Å². The Bertz CT molecular complexity index is 665. The van der Waals surface area contributed by atoms with Crippen molar-refractivity contribution in [3.8, 4) is 5.69 Å². The Labute approximate surface area is 107 Å². The Kier molecular flexibility index (Phi) is 2.44. The minimum Gasteiger partial charge on any atom is -0.381 e. The van der Waals surface area contributed by atoms with Crippen LogP contribution in [0.25, 0.3) is 5.69 Å². The highest BCUT2D eigenvalue weighted by Gasteiger charge is 2.32. The van der Waals surface area contributed by atoms with Crippen molar-refractivity contribution < 1.29 is 9.31 Å². The fourth-order valence-corrected chi connectivity index (χ4v) is 2.04. The van der Waals surface area contributed by atoms with Crippen LogP contribution in [0, 0.1) is 15.9 Å². The van der Waals surface area contributed by atoms with Crippen LogP contribution in [0.5, 0.6) is 0 Å². The average molecular weight is 263 g/mol. The Hall–Kier alpha value is -2.51. The fraction of sp³-hybridized carbons (Fsp3) is 0.273. The van der Waals surface area contributed by atoms with E-state index in [0.29, 0.717) is 5.69 Å². The van der Waals surface area contributed by atoms with Gasteiger partial charge in [-0.05, 0) is 25.0 Å². The first-order valence-corrected chi connectivity index (χ1v) is 5.73. The highest BCUT2D eigenvalue weighted by Crippen LogP contribution is 2.43. The molecule has 0 saturated heterocycles. The summed E-state index contributed by atoms with van der Waals surface area (Å²) in [5, 5.41) is 18.6. The summed E-state index contributed by atoms with van der Waals surface area (Å²) in [5.41, 5.74) is 6.22. The number of anilines is 1. The first kappa shape index (κ1) is 11.6. The third-order valence-electron chi connectivity index (χ3n) is 3.06. The summed E-state index contributed by atoms with van der Waals surface area (Å²) >= 11 is 0. The normalized spacial score (nSPS) is 14.6. The monoisotopic (exact) mass is 263 g/mol. The van der Waals surface area contributed by atoms with E-state index < -0.39 is 10.7 Å². The lowest BCUT2D eigenvalue weighted by Gasteiger charge is -2.06. The number of nitro benzene ring substituents is 1. The molecule has 1 aromatic carbocycles. The average Bonchev–Trinajstić information content (AvgIpc) is 3.13. The predicted octanol–water partition coefficient (Wildman–Crippen LogP) is 1.77. The van der Waals surface area contributed by atoms with Crippen LogP contribution in [-0.4, -0.2) is 19.9 Å². The topological polar surface area (TPSA) is 99.9 Å². The highest BCUT2D eigenvalue weighted by atomic mass is 19.1. The number of nitrogen functional groups attached to an aromatic ring is 1. The minimum absolute atomic E-state index is 0.178. The van der Waals surface area contributed by atoms with E-state index in [1.807, 2.05) is 0 Å². The summed E-state index contributed by atoms with van der Waals surface area (Å²) < 4.78 is 14.5. The van der Waals surface area contributed by atoms with Crippen LogP contribution in [0.1, 0.15) is 24.5 Å². The molecule has 2 N–H and O–H groups in total. The molecule has 98 valence electrons. The Morgan fingerprint density at radius 1 is 1.47 bits per heavy atom. The van der Waals surface area contributed by atoms with E-state index in [1.54, 1.807) is 0 Å². The number of hydrogen-bond donors (Lipinski definition) is 1. The van der Waals surface area contributed by atoms with E-state index in [1.165, 1.54) is 10.7 Å². The predicted molar refractivity (Wildman–Crippen MR) is 64.4 cm³/mol. The van der Waals surface area contributed by atoms with Crippen LogP contribution in [0.2, 0.25) is 0 Å². The zero-order chi connectivity index (χ0) is 13.6. The molecule has 19 heavy (non-hydrogen) atoms. The van der Waals surface area contributed by atoms with Crippen LogP contribution in [0.3, 0.4) is 0 Å². The molecule has 0 radical (unpaired) electrons. The van der Waals surface area contributed by atoms with E-state index in [-0.39, 0.29) is 23.1 Å². The van der Waals surface area contributed by atoms with Crippen molar-refractivity contribution in [2.75, 3.05) is 5.73 Å². The number of hydrogen-bond acceptors (Lipinski definition) is 5. The maximum Gasteiger partial charge on any atom is 0.297 e. The first-order chi connectivity index (χ1) is 9.08. The molecular weight excluding hydrogens is 253 g/mol. The molecule has 2 aromatic rings. The summed E-state index contributed by atoms with van der Waals surface area (Å²) in [6, 6.07) is 3.33. The molecule has 0 aliphatic heterocycles. The maximum absolute atomic E-state index is 13.1. The maximum atomic E-state index is 13.1. The van der Waals surface area contributed by atoms with Crippen molar-refractivity contribution >= 4 is 11.5 Å². The number of nitrogens with zero attached hydrogens (tertiary/aromatic N) is 4. The number of halogens is 1. The summed E-state index contributed by atoms with van der Waals surface area (Å²) in [5.74, 6) is -0.183. The lowest BCUT2D eigenvalue weighted by molar-refractivity contribution is -0.384. The first-order valence-electron chi connectivity index (χ1n) is 5.73. The lowest BCUT2D eigenvalue weighted by atomic mass is 10.2. The van der Waals surface area contributed by atoms with Gasteiger partial charge in [-0.2, -0.15) is 0 Å². The van der Waals surface area contributed by atoms with Crippen molar-refractivity contribution in [2.24, 2.45) is 0 Å². The van der Waals surface area contributed by atoms with Gasteiger partial charge in [-0.15, -0.1) is 5.10 Å². The van der Waals surface area contributed by atoms with E-state index in [4.69, 9.17) is 5.73 Å². The van der Waals surface area contributed by atoms with Crippen LogP contribution < -0.4 is 5.73 Å². The van der Waals surface area contributed by atoms with Gasteiger partial charge in [0.1, 0.15) is 11.5 Å². The highest BCUT2D eigenvalue weighted by molar-refractivity contribution is 5.55. The van der Waals surface area contributed by atoms with Gasteiger partial charge in [-0.3, -0.25) is 10.1 Å². The summed E-state index contributed by atoms with van der Waals surface area (Å²) in [6.07, 6.45) is 1.90. The van der Waals surface area contributed by atoms with Gasteiger partial charge in [-0.1, -0.05) is 5.21 Å². The van der Waals surface area contributed by atoms with Crippen molar-refractivity contribution in [2.45, 2.75) is 18.8 Å². The Morgan fingerprint density at radius 3 is 2.84 bits per heavy atom. The number of nitro groups is 1. The third-order valence-corrected chi connectivity index (χ3v) is 3.06. The molecule has 0 atom stereocenters. The number of rotatable bonds is 3. The molecule has 0 spiro atoms. The molecule has 0 amide bonds. The van der Waals surface area contributed by atoms with Gasteiger partial charge in [0.05, 0.1) is 16.7 Å². The number of nitrogens with two attached hydrogens (primary N) is 1. The molecule has 1 aliphatic rings.